The summed E-state index contributed by atoms with van der Waals surface area (Å²) in [6.45, 7) is 0. The van der Waals surface area contributed by atoms with Crippen LogP contribution in [0.1, 0.15) is 0 Å². The standard InChI is InChI=1S/C42H26O2/c1-2-12-31-28(10-1)11-9-17-32(31)42-35-15-5-3-13-33(35)41(34-14-4-6-16-36(34)42)29-22-20-27(21-23-29)30-24-25-39-40(26-30)44-38-19-8-7-18-37(38)43-39/h1-26H. The molecule has 0 aromatic heterocycles. The van der Waals surface area contributed by atoms with Gasteiger partial charge >= 0.3 is 0 Å². The maximum absolute atomic E-state index is 6.18. The summed E-state index contributed by atoms with van der Waals surface area (Å²) in [6, 6.07) is 55.8. The van der Waals surface area contributed by atoms with Crippen LogP contribution >= 0.6 is 0 Å². The van der Waals surface area contributed by atoms with Gasteiger partial charge in [-0.25, -0.2) is 0 Å². The molecule has 8 aromatic carbocycles. The first-order valence-corrected chi connectivity index (χ1v) is 14.9. The Kier molecular flexibility index (Phi) is 5.54. The molecule has 0 N–H and O–H groups in total. The minimum atomic E-state index is 0.728. The first-order chi connectivity index (χ1) is 21.8. The first kappa shape index (κ1) is 24.7. The predicted molar refractivity (Wildman–Crippen MR) is 182 cm³/mol. The number of ether oxygens (including phenoxy) is 2. The Balaban J connectivity index is 1.19. The van der Waals surface area contributed by atoms with Crippen molar-refractivity contribution in [2.75, 3.05) is 0 Å². The molecule has 1 aliphatic heterocycles. The number of para-hydroxylation sites is 2. The largest absolute Gasteiger partial charge is 0.450 e. The second kappa shape index (κ2) is 9.86. The molecule has 0 bridgehead atoms. The fraction of sp³-hybridized carbons (Fsp3) is 0. The minimum absolute atomic E-state index is 0.728. The number of benzene rings is 8. The summed E-state index contributed by atoms with van der Waals surface area (Å²) < 4.78 is 12.2. The fourth-order valence-electron chi connectivity index (χ4n) is 6.71. The number of rotatable bonds is 3. The average Bonchev–Trinajstić information content (AvgIpc) is 3.09. The molecule has 0 saturated heterocycles. The van der Waals surface area contributed by atoms with E-state index < -0.39 is 0 Å². The summed E-state index contributed by atoms with van der Waals surface area (Å²) in [4.78, 5) is 0. The Morgan fingerprint density at radius 2 is 0.773 bits per heavy atom. The van der Waals surface area contributed by atoms with Crippen molar-refractivity contribution < 1.29 is 9.47 Å². The Morgan fingerprint density at radius 1 is 0.295 bits per heavy atom. The Labute approximate surface area is 255 Å². The van der Waals surface area contributed by atoms with E-state index in [2.05, 4.69) is 127 Å². The smallest absolute Gasteiger partial charge is 0.170 e. The van der Waals surface area contributed by atoms with Crippen LogP contribution in [0, 0.1) is 0 Å². The van der Waals surface area contributed by atoms with E-state index in [1.165, 1.54) is 54.6 Å². The molecular formula is C42H26O2. The van der Waals surface area contributed by atoms with E-state index >= 15 is 0 Å². The van der Waals surface area contributed by atoms with Crippen molar-refractivity contribution in [1.82, 2.24) is 0 Å². The third-order valence-corrected chi connectivity index (χ3v) is 8.73. The van der Waals surface area contributed by atoms with E-state index in [1.54, 1.807) is 0 Å². The molecule has 0 aliphatic carbocycles. The van der Waals surface area contributed by atoms with Crippen LogP contribution in [0.2, 0.25) is 0 Å². The van der Waals surface area contributed by atoms with Crippen LogP contribution in [0.15, 0.2) is 158 Å². The molecule has 1 aliphatic rings. The molecule has 2 nitrogen and oxygen atoms in total. The number of hydrogen-bond donors (Lipinski definition) is 0. The average molecular weight is 563 g/mol. The van der Waals surface area contributed by atoms with Crippen molar-refractivity contribution in [3.63, 3.8) is 0 Å². The van der Waals surface area contributed by atoms with Gasteiger partial charge in [0.15, 0.2) is 23.0 Å². The second-order valence-electron chi connectivity index (χ2n) is 11.3. The highest BCUT2D eigenvalue weighted by molar-refractivity contribution is 6.23. The van der Waals surface area contributed by atoms with Crippen LogP contribution in [0.3, 0.4) is 0 Å². The monoisotopic (exact) mass is 562 g/mol. The summed E-state index contributed by atoms with van der Waals surface area (Å²) in [7, 11) is 0. The van der Waals surface area contributed by atoms with Crippen molar-refractivity contribution in [2.24, 2.45) is 0 Å². The van der Waals surface area contributed by atoms with Crippen LogP contribution in [-0.2, 0) is 0 Å². The van der Waals surface area contributed by atoms with Crippen LogP contribution in [0.4, 0.5) is 0 Å². The lowest BCUT2D eigenvalue weighted by molar-refractivity contribution is 0.360. The van der Waals surface area contributed by atoms with E-state index in [0.717, 1.165) is 34.1 Å². The summed E-state index contributed by atoms with van der Waals surface area (Å²) in [6.07, 6.45) is 0. The van der Waals surface area contributed by atoms with Crippen LogP contribution in [0.25, 0.3) is 65.7 Å². The zero-order valence-corrected chi connectivity index (χ0v) is 23.8. The Bertz CT molecular complexity index is 2320. The molecule has 0 radical (unpaired) electrons. The highest BCUT2D eigenvalue weighted by Gasteiger charge is 2.20. The van der Waals surface area contributed by atoms with E-state index in [-0.39, 0.29) is 0 Å². The SMILES string of the molecule is c1ccc2c(c1)Oc1ccc(-c3ccc(-c4c5ccccc5c(-c5cccc6ccccc56)c5ccccc45)cc3)cc1O2. The molecule has 2 heteroatoms. The molecule has 9 rings (SSSR count). The van der Waals surface area contributed by atoms with Gasteiger partial charge in [0.1, 0.15) is 0 Å². The second-order valence-corrected chi connectivity index (χ2v) is 11.3. The minimum Gasteiger partial charge on any atom is -0.450 e. The van der Waals surface area contributed by atoms with E-state index in [4.69, 9.17) is 9.47 Å². The van der Waals surface area contributed by atoms with Gasteiger partial charge in [0.25, 0.3) is 0 Å². The highest BCUT2D eigenvalue weighted by Crippen LogP contribution is 2.47. The normalized spacial score (nSPS) is 12.0. The summed E-state index contributed by atoms with van der Waals surface area (Å²) in [5.74, 6) is 2.93. The highest BCUT2D eigenvalue weighted by atomic mass is 16.6. The van der Waals surface area contributed by atoms with Gasteiger partial charge in [-0.05, 0) is 90.0 Å². The van der Waals surface area contributed by atoms with Gasteiger partial charge in [-0.1, -0.05) is 133 Å². The zero-order chi connectivity index (χ0) is 29.0. The number of hydrogen-bond acceptors (Lipinski definition) is 2. The van der Waals surface area contributed by atoms with Gasteiger partial charge in [0.05, 0.1) is 0 Å². The van der Waals surface area contributed by atoms with E-state index in [1.807, 2.05) is 30.3 Å². The van der Waals surface area contributed by atoms with Gasteiger partial charge < -0.3 is 9.47 Å². The number of fused-ring (bicyclic) bond motifs is 5. The van der Waals surface area contributed by atoms with Crippen molar-refractivity contribution >= 4 is 32.3 Å². The quantitative estimate of drug-likeness (QED) is 0.199. The van der Waals surface area contributed by atoms with Gasteiger partial charge in [-0.15, -0.1) is 0 Å². The molecule has 44 heavy (non-hydrogen) atoms. The Morgan fingerprint density at radius 3 is 1.45 bits per heavy atom. The predicted octanol–water partition coefficient (Wildman–Crippen LogP) is 12.0. The lowest BCUT2D eigenvalue weighted by Gasteiger charge is -2.21. The molecule has 8 aromatic rings. The molecule has 0 unspecified atom stereocenters. The molecule has 206 valence electrons. The van der Waals surface area contributed by atoms with Crippen LogP contribution < -0.4 is 9.47 Å². The lowest BCUT2D eigenvalue weighted by atomic mass is 9.84. The maximum atomic E-state index is 6.18. The summed E-state index contributed by atoms with van der Waals surface area (Å²) in [5.41, 5.74) is 7.20. The van der Waals surface area contributed by atoms with Crippen molar-refractivity contribution in [1.29, 1.82) is 0 Å². The molecule has 1 heterocycles. The molecule has 0 amide bonds. The molecule has 0 fully saturated rings. The van der Waals surface area contributed by atoms with Gasteiger partial charge in [-0.2, -0.15) is 0 Å². The van der Waals surface area contributed by atoms with E-state index in [0.29, 0.717) is 0 Å². The van der Waals surface area contributed by atoms with Gasteiger partial charge in [0.2, 0.25) is 0 Å². The van der Waals surface area contributed by atoms with E-state index in [9.17, 15) is 0 Å². The fourth-order valence-corrected chi connectivity index (χ4v) is 6.71. The van der Waals surface area contributed by atoms with Crippen molar-refractivity contribution in [3.05, 3.63) is 158 Å². The maximum Gasteiger partial charge on any atom is 0.170 e. The van der Waals surface area contributed by atoms with Crippen LogP contribution in [0.5, 0.6) is 23.0 Å². The van der Waals surface area contributed by atoms with Gasteiger partial charge in [0, 0.05) is 0 Å². The topological polar surface area (TPSA) is 18.5 Å². The summed E-state index contributed by atoms with van der Waals surface area (Å²) >= 11 is 0. The molecule has 0 spiro atoms. The lowest BCUT2D eigenvalue weighted by Crippen LogP contribution is -1.98. The molecule has 0 saturated carbocycles. The van der Waals surface area contributed by atoms with Gasteiger partial charge in [-0.3, -0.25) is 0 Å². The van der Waals surface area contributed by atoms with Crippen molar-refractivity contribution in [2.45, 2.75) is 0 Å². The van der Waals surface area contributed by atoms with Crippen LogP contribution in [-0.4, -0.2) is 0 Å². The Hall–Kier alpha value is -5.86. The summed E-state index contributed by atoms with van der Waals surface area (Å²) in [5, 5.41) is 7.54. The molecular weight excluding hydrogens is 536 g/mol. The zero-order valence-electron chi connectivity index (χ0n) is 23.8. The first-order valence-electron chi connectivity index (χ1n) is 14.9. The third kappa shape index (κ3) is 3.89. The third-order valence-electron chi connectivity index (χ3n) is 8.73. The van der Waals surface area contributed by atoms with Crippen molar-refractivity contribution in [3.8, 4) is 56.4 Å². The molecule has 0 atom stereocenters.